The van der Waals surface area contributed by atoms with E-state index in [1.165, 1.54) is 24.9 Å². The molecule has 2 aromatic rings. The Labute approximate surface area is 147 Å². The van der Waals surface area contributed by atoms with Crippen LogP contribution in [0, 0.1) is 0 Å². The first-order valence-electron chi connectivity index (χ1n) is 8.82. The van der Waals surface area contributed by atoms with Crippen molar-refractivity contribution in [1.82, 2.24) is 0 Å². The number of hydrogen-bond donors (Lipinski definition) is 0. The van der Waals surface area contributed by atoms with Gasteiger partial charge in [-0.25, -0.2) is 0 Å². The molecule has 1 aliphatic heterocycles. The average molecular weight is 357 g/mol. The predicted molar refractivity (Wildman–Crippen MR) is 107 cm³/mol. The highest BCUT2D eigenvalue weighted by molar-refractivity contribution is 7.50. The zero-order chi connectivity index (χ0) is 17.2. The van der Waals surface area contributed by atoms with E-state index in [2.05, 4.69) is 61.6 Å². The van der Waals surface area contributed by atoms with Gasteiger partial charge in [0.1, 0.15) is 11.5 Å². The van der Waals surface area contributed by atoms with Crippen LogP contribution in [0.15, 0.2) is 48.5 Å². The highest BCUT2D eigenvalue weighted by atomic mass is 29.3. The first kappa shape index (κ1) is 17.3. The van der Waals surface area contributed by atoms with Crippen LogP contribution in [0.3, 0.4) is 0 Å². The first-order chi connectivity index (χ1) is 11.5. The summed E-state index contributed by atoms with van der Waals surface area (Å²) in [6, 6.07) is 20.8. The molecule has 2 nitrogen and oxygen atoms in total. The summed E-state index contributed by atoms with van der Waals surface area (Å²) in [5.41, 5.74) is 0. The number of rotatable bonds is 4. The number of methoxy groups -OCH3 is 2. The van der Waals surface area contributed by atoms with E-state index in [4.69, 9.17) is 9.47 Å². The van der Waals surface area contributed by atoms with Gasteiger partial charge in [-0.05, 0) is 24.3 Å². The van der Waals surface area contributed by atoms with Crippen LogP contribution in [0.25, 0.3) is 0 Å². The second-order valence-corrected chi connectivity index (χ2v) is 21.4. The number of benzene rings is 2. The molecule has 1 heterocycles. The second kappa shape index (κ2) is 6.77. The zero-order valence-corrected chi connectivity index (χ0v) is 17.3. The Balaban J connectivity index is 2.04. The minimum Gasteiger partial charge on any atom is -0.497 e. The van der Waals surface area contributed by atoms with E-state index < -0.39 is 15.2 Å². The highest BCUT2D eigenvalue weighted by Gasteiger charge is 2.51. The smallest absolute Gasteiger partial charge is 0.118 e. The van der Waals surface area contributed by atoms with E-state index in [0.717, 1.165) is 11.5 Å². The predicted octanol–water partition coefficient (Wildman–Crippen LogP) is 3.85. The monoisotopic (exact) mass is 356 g/mol. The van der Waals surface area contributed by atoms with Gasteiger partial charge >= 0.3 is 0 Å². The summed E-state index contributed by atoms with van der Waals surface area (Å²) in [5, 5.41) is 3.21. The number of hydrogen-bond acceptors (Lipinski definition) is 2. The van der Waals surface area contributed by atoms with Crippen molar-refractivity contribution in [2.24, 2.45) is 0 Å². The van der Waals surface area contributed by atoms with Crippen LogP contribution in [-0.2, 0) is 0 Å². The van der Waals surface area contributed by atoms with Crippen molar-refractivity contribution in [3.8, 4) is 11.5 Å². The second-order valence-electron chi connectivity index (χ2n) is 7.33. The Morgan fingerprint density at radius 3 is 1.25 bits per heavy atom. The normalized spacial score (nSPS) is 26.8. The molecular formula is C20H28O2Si2. The molecule has 0 bridgehead atoms. The fraction of sp³-hybridized carbons (Fsp3) is 0.400. The lowest BCUT2D eigenvalue weighted by Gasteiger charge is -2.48. The molecule has 1 aliphatic rings. The van der Waals surface area contributed by atoms with Crippen molar-refractivity contribution >= 4 is 25.6 Å². The van der Waals surface area contributed by atoms with Crippen LogP contribution >= 0.6 is 0 Å². The lowest BCUT2D eigenvalue weighted by atomic mass is 10.3. The van der Waals surface area contributed by atoms with Gasteiger partial charge < -0.3 is 9.47 Å². The third kappa shape index (κ3) is 2.82. The van der Waals surface area contributed by atoms with Gasteiger partial charge in [0.15, 0.2) is 0 Å². The van der Waals surface area contributed by atoms with E-state index in [1.807, 2.05) is 0 Å². The van der Waals surface area contributed by atoms with Crippen molar-refractivity contribution < 1.29 is 9.47 Å². The van der Waals surface area contributed by atoms with Gasteiger partial charge in [0.05, 0.1) is 29.4 Å². The number of ether oxygens (including phenoxy) is 2. The lowest BCUT2D eigenvalue weighted by Crippen LogP contribution is -2.73. The molecule has 0 amide bonds. The van der Waals surface area contributed by atoms with E-state index in [-0.39, 0.29) is 0 Å². The lowest BCUT2D eigenvalue weighted by molar-refractivity contribution is 0.415. The van der Waals surface area contributed by atoms with Crippen molar-refractivity contribution in [2.75, 3.05) is 14.2 Å². The summed E-state index contributed by atoms with van der Waals surface area (Å²) in [7, 11) is 0.426. The summed E-state index contributed by atoms with van der Waals surface area (Å²) < 4.78 is 10.7. The summed E-state index contributed by atoms with van der Waals surface area (Å²) in [4.78, 5) is 0. The minimum atomic E-state index is -1.53. The Hall–Kier alpha value is -1.53. The molecule has 128 valence electrons. The Bertz CT molecular complexity index is 622. The van der Waals surface area contributed by atoms with Gasteiger partial charge in [-0.15, -0.1) is 0 Å². The van der Waals surface area contributed by atoms with Crippen molar-refractivity contribution in [3.05, 3.63) is 48.5 Å². The molecule has 1 fully saturated rings. The maximum Gasteiger partial charge on any atom is 0.118 e. The molecular weight excluding hydrogens is 328 g/mol. The van der Waals surface area contributed by atoms with Crippen molar-refractivity contribution in [2.45, 2.75) is 38.0 Å². The highest BCUT2D eigenvalue weighted by Crippen LogP contribution is 2.36. The molecule has 0 aliphatic carbocycles. The largest absolute Gasteiger partial charge is 0.497 e. The van der Waals surface area contributed by atoms with Crippen molar-refractivity contribution in [1.29, 1.82) is 0 Å². The molecule has 0 N–H and O–H groups in total. The molecule has 2 atom stereocenters. The molecule has 2 aromatic carbocycles. The standard InChI is InChI=1S/C20H28O2Si2/c1-21-17-7-11-19(12-8-17)23(3)15-5-6-16-24(23,4)20-13-9-18(22-2)10-14-20/h7-14H,5-6,15-16H2,1-4H3/t23-,24-/m1/s1. The third-order valence-corrected chi connectivity index (χ3v) is 25.2. The maximum absolute atomic E-state index is 5.36. The van der Waals surface area contributed by atoms with Gasteiger partial charge in [0, 0.05) is 0 Å². The van der Waals surface area contributed by atoms with Crippen LogP contribution in [0.1, 0.15) is 12.8 Å². The topological polar surface area (TPSA) is 18.5 Å². The summed E-state index contributed by atoms with van der Waals surface area (Å²) in [6.07, 6.45) is 2.76. The van der Waals surface area contributed by atoms with Gasteiger partial charge in [-0.2, -0.15) is 0 Å². The minimum absolute atomic E-state index is 0.958. The van der Waals surface area contributed by atoms with Crippen LogP contribution in [-0.4, -0.2) is 29.4 Å². The van der Waals surface area contributed by atoms with Gasteiger partial charge in [-0.1, -0.05) is 72.7 Å². The molecule has 4 heteroatoms. The fourth-order valence-electron chi connectivity index (χ4n) is 4.35. The molecule has 0 saturated carbocycles. The van der Waals surface area contributed by atoms with E-state index in [1.54, 1.807) is 24.6 Å². The quantitative estimate of drug-likeness (QED) is 0.775. The molecule has 3 rings (SSSR count). The zero-order valence-electron chi connectivity index (χ0n) is 15.3. The van der Waals surface area contributed by atoms with Gasteiger partial charge in [-0.3, -0.25) is 0 Å². The van der Waals surface area contributed by atoms with Crippen LogP contribution < -0.4 is 19.8 Å². The van der Waals surface area contributed by atoms with Crippen LogP contribution in [0.2, 0.25) is 25.2 Å². The fourth-order valence-corrected chi connectivity index (χ4v) is 20.2. The molecule has 1 saturated heterocycles. The molecule has 0 aromatic heterocycles. The van der Waals surface area contributed by atoms with E-state index >= 15 is 0 Å². The maximum atomic E-state index is 5.36. The Morgan fingerprint density at radius 2 is 0.958 bits per heavy atom. The summed E-state index contributed by atoms with van der Waals surface area (Å²) in [5.74, 6) is 1.92. The molecule has 0 spiro atoms. The van der Waals surface area contributed by atoms with Crippen LogP contribution in [0.5, 0.6) is 11.5 Å². The van der Waals surface area contributed by atoms with Crippen molar-refractivity contribution in [3.63, 3.8) is 0 Å². The average Bonchev–Trinajstić information content (AvgIpc) is 2.64. The summed E-state index contributed by atoms with van der Waals surface area (Å²) in [6.45, 7) is 5.26. The Kier molecular flexibility index (Phi) is 4.88. The van der Waals surface area contributed by atoms with Gasteiger partial charge in [0.2, 0.25) is 0 Å². The Morgan fingerprint density at radius 1 is 0.625 bits per heavy atom. The molecule has 0 radical (unpaired) electrons. The summed E-state index contributed by atoms with van der Waals surface area (Å²) >= 11 is 0. The molecule has 0 unspecified atom stereocenters. The third-order valence-electron chi connectivity index (χ3n) is 6.28. The van der Waals surface area contributed by atoms with E-state index in [0.29, 0.717) is 0 Å². The first-order valence-corrected chi connectivity index (χ1v) is 15.2. The van der Waals surface area contributed by atoms with E-state index in [9.17, 15) is 0 Å². The SMILES string of the molecule is COc1ccc([Si@@]2(C)CCCC[Si@]2(C)c2ccc(OC)cc2)cc1. The molecule has 24 heavy (non-hydrogen) atoms. The van der Waals surface area contributed by atoms with Crippen LogP contribution in [0.4, 0.5) is 0 Å². The van der Waals surface area contributed by atoms with Gasteiger partial charge in [0.25, 0.3) is 0 Å².